The predicted molar refractivity (Wildman–Crippen MR) is 164 cm³/mol. The minimum atomic E-state index is -0.723. The van der Waals surface area contributed by atoms with E-state index in [9.17, 15) is 14.4 Å². The number of rotatable bonds is 8. The fourth-order valence-electron chi connectivity index (χ4n) is 5.58. The van der Waals surface area contributed by atoms with Gasteiger partial charge in [0.05, 0.1) is 18.2 Å². The molecule has 0 aromatic heterocycles. The monoisotopic (exact) mass is 582 g/mol. The van der Waals surface area contributed by atoms with Crippen molar-refractivity contribution in [1.29, 1.82) is 0 Å². The van der Waals surface area contributed by atoms with Gasteiger partial charge in [-0.25, -0.2) is 9.59 Å². The average Bonchev–Trinajstić information content (AvgIpc) is 3.00. The van der Waals surface area contributed by atoms with Gasteiger partial charge in [0.25, 0.3) is 5.91 Å². The molecule has 1 N–H and O–H groups in total. The van der Waals surface area contributed by atoms with Gasteiger partial charge in [0.2, 0.25) is 0 Å². The third kappa shape index (κ3) is 6.73. The third-order valence-corrected chi connectivity index (χ3v) is 7.89. The minimum absolute atomic E-state index is 0.00501. The van der Waals surface area contributed by atoms with E-state index in [4.69, 9.17) is 9.47 Å². The standard InChI is InChI=1S/C34H38N4O5/c1-5-42-33(40)30-29(22-37-18-19-38(24(3)21-37)32(39)25-16-14-23(2)15-17-25)36(4)34(41)35-31(30)26-10-9-13-28(20-26)43-27-11-7-6-8-12-27/h6-17,20,24,31H,5,18-19,21-22H2,1-4H3,(H,35,41)/t24-,31+/m1/s1. The lowest BCUT2D eigenvalue weighted by molar-refractivity contribution is -0.139. The number of nitrogens with one attached hydrogen (secondary N) is 1. The van der Waals surface area contributed by atoms with Gasteiger partial charge in [-0.2, -0.15) is 0 Å². The van der Waals surface area contributed by atoms with E-state index in [0.29, 0.717) is 60.1 Å². The van der Waals surface area contributed by atoms with Crippen LogP contribution in [0.1, 0.15) is 41.4 Å². The molecule has 0 aliphatic carbocycles. The lowest BCUT2D eigenvalue weighted by Crippen LogP contribution is -2.56. The number of hydrogen-bond donors (Lipinski definition) is 1. The highest BCUT2D eigenvalue weighted by atomic mass is 16.5. The molecule has 3 aromatic rings. The smallest absolute Gasteiger partial charge is 0.338 e. The van der Waals surface area contributed by atoms with Gasteiger partial charge in [-0.05, 0) is 62.7 Å². The van der Waals surface area contributed by atoms with Crippen molar-refractivity contribution in [3.63, 3.8) is 0 Å². The summed E-state index contributed by atoms with van der Waals surface area (Å²) in [4.78, 5) is 45.5. The maximum atomic E-state index is 13.5. The Morgan fingerprint density at radius 1 is 0.953 bits per heavy atom. The van der Waals surface area contributed by atoms with Crippen LogP contribution < -0.4 is 10.1 Å². The molecule has 1 saturated heterocycles. The second-order valence-electron chi connectivity index (χ2n) is 11.0. The van der Waals surface area contributed by atoms with Crippen molar-refractivity contribution in [3.8, 4) is 11.5 Å². The number of benzene rings is 3. The quantitative estimate of drug-likeness (QED) is 0.370. The molecule has 0 bridgehead atoms. The van der Waals surface area contributed by atoms with Crippen molar-refractivity contribution in [2.75, 3.05) is 39.8 Å². The van der Waals surface area contributed by atoms with Crippen molar-refractivity contribution in [3.05, 3.63) is 107 Å². The SMILES string of the molecule is CCOC(=O)C1=C(CN2CCN(C(=O)c3ccc(C)cc3)[C@H](C)C2)N(C)C(=O)N[C@H]1c1cccc(Oc2ccccc2)c1. The summed E-state index contributed by atoms with van der Waals surface area (Å²) in [6.45, 7) is 8.07. The molecule has 2 aliphatic heterocycles. The predicted octanol–water partition coefficient (Wildman–Crippen LogP) is 5.15. The molecule has 0 unspecified atom stereocenters. The fourth-order valence-corrected chi connectivity index (χ4v) is 5.58. The lowest BCUT2D eigenvalue weighted by atomic mass is 9.94. The molecule has 3 aromatic carbocycles. The minimum Gasteiger partial charge on any atom is -0.463 e. The Kier molecular flexibility index (Phi) is 9.11. The Hall–Kier alpha value is -4.63. The van der Waals surface area contributed by atoms with Gasteiger partial charge in [-0.1, -0.05) is 48.0 Å². The van der Waals surface area contributed by atoms with Crippen LogP contribution in [0.25, 0.3) is 0 Å². The largest absolute Gasteiger partial charge is 0.463 e. The Labute approximate surface area is 252 Å². The first-order chi connectivity index (χ1) is 20.7. The van der Waals surface area contributed by atoms with E-state index in [1.165, 1.54) is 4.90 Å². The molecule has 43 heavy (non-hydrogen) atoms. The molecule has 2 heterocycles. The molecule has 5 rings (SSSR count). The number of aryl methyl sites for hydroxylation is 1. The van der Waals surface area contributed by atoms with Crippen LogP contribution in [0.4, 0.5) is 4.79 Å². The normalized spacial score (nSPS) is 19.2. The summed E-state index contributed by atoms with van der Waals surface area (Å²) in [5, 5.41) is 2.98. The van der Waals surface area contributed by atoms with Crippen molar-refractivity contribution < 1.29 is 23.9 Å². The van der Waals surface area contributed by atoms with Crippen LogP contribution in [-0.2, 0) is 9.53 Å². The summed E-state index contributed by atoms with van der Waals surface area (Å²) >= 11 is 0. The van der Waals surface area contributed by atoms with Crippen molar-refractivity contribution >= 4 is 17.9 Å². The van der Waals surface area contributed by atoms with Crippen molar-refractivity contribution in [2.45, 2.75) is 32.9 Å². The second-order valence-corrected chi connectivity index (χ2v) is 11.0. The Balaban J connectivity index is 1.41. The van der Waals surface area contributed by atoms with Crippen LogP contribution >= 0.6 is 0 Å². The Morgan fingerprint density at radius 3 is 2.37 bits per heavy atom. The number of likely N-dealkylation sites (N-methyl/N-ethyl adjacent to an activating group) is 1. The number of piperazine rings is 1. The first-order valence-corrected chi connectivity index (χ1v) is 14.6. The first-order valence-electron chi connectivity index (χ1n) is 14.6. The van der Waals surface area contributed by atoms with Gasteiger partial charge in [0, 0.05) is 50.5 Å². The summed E-state index contributed by atoms with van der Waals surface area (Å²) in [5.41, 5.74) is 3.44. The van der Waals surface area contributed by atoms with E-state index in [2.05, 4.69) is 10.2 Å². The third-order valence-electron chi connectivity index (χ3n) is 7.89. The van der Waals surface area contributed by atoms with Crippen LogP contribution in [0.2, 0.25) is 0 Å². The summed E-state index contributed by atoms with van der Waals surface area (Å²) < 4.78 is 11.5. The topological polar surface area (TPSA) is 91.4 Å². The zero-order valence-electron chi connectivity index (χ0n) is 25.1. The van der Waals surface area contributed by atoms with Crippen LogP contribution in [-0.4, -0.2) is 78.5 Å². The van der Waals surface area contributed by atoms with Crippen LogP contribution in [0.5, 0.6) is 11.5 Å². The van der Waals surface area contributed by atoms with Gasteiger partial charge in [0.15, 0.2) is 0 Å². The molecule has 2 atom stereocenters. The molecular weight excluding hydrogens is 544 g/mol. The number of urea groups is 1. The molecule has 0 radical (unpaired) electrons. The molecule has 224 valence electrons. The number of amides is 3. The molecule has 9 heteroatoms. The summed E-state index contributed by atoms with van der Waals surface area (Å²) in [7, 11) is 1.66. The highest BCUT2D eigenvalue weighted by molar-refractivity contribution is 5.95. The van der Waals surface area contributed by atoms with Gasteiger partial charge < -0.3 is 19.7 Å². The van der Waals surface area contributed by atoms with E-state index in [1.807, 2.05) is 97.6 Å². The van der Waals surface area contributed by atoms with Gasteiger partial charge in [-0.15, -0.1) is 0 Å². The number of nitrogens with zero attached hydrogens (tertiary/aromatic N) is 3. The summed E-state index contributed by atoms with van der Waals surface area (Å²) in [5.74, 6) is 0.795. The number of para-hydroxylation sites is 1. The maximum Gasteiger partial charge on any atom is 0.338 e. The first kappa shape index (κ1) is 29.8. The molecular formula is C34H38N4O5. The average molecular weight is 583 g/mol. The second kappa shape index (κ2) is 13.1. The highest BCUT2D eigenvalue weighted by Gasteiger charge is 2.38. The lowest BCUT2D eigenvalue weighted by Gasteiger charge is -2.42. The number of esters is 1. The summed E-state index contributed by atoms with van der Waals surface area (Å²) in [6.07, 6.45) is 0. The number of hydrogen-bond acceptors (Lipinski definition) is 6. The van der Waals surface area contributed by atoms with Gasteiger partial charge in [-0.3, -0.25) is 14.6 Å². The number of carbonyl (C=O) groups excluding carboxylic acids is 3. The van der Waals surface area contributed by atoms with E-state index >= 15 is 0 Å². The molecule has 0 saturated carbocycles. The molecule has 9 nitrogen and oxygen atoms in total. The van der Waals surface area contributed by atoms with Crippen LogP contribution in [0, 0.1) is 6.92 Å². The zero-order valence-corrected chi connectivity index (χ0v) is 25.1. The maximum absolute atomic E-state index is 13.5. The molecule has 2 aliphatic rings. The number of ether oxygens (including phenoxy) is 2. The van der Waals surface area contributed by atoms with Crippen molar-refractivity contribution in [1.82, 2.24) is 20.0 Å². The van der Waals surface area contributed by atoms with Gasteiger partial charge >= 0.3 is 12.0 Å². The van der Waals surface area contributed by atoms with E-state index in [1.54, 1.807) is 14.0 Å². The van der Waals surface area contributed by atoms with Crippen molar-refractivity contribution in [2.24, 2.45) is 0 Å². The Morgan fingerprint density at radius 2 is 1.67 bits per heavy atom. The fraction of sp³-hybridized carbons (Fsp3) is 0.324. The summed E-state index contributed by atoms with van der Waals surface area (Å²) in [6, 6.07) is 23.3. The molecule has 3 amide bonds. The van der Waals surface area contributed by atoms with Crippen LogP contribution in [0.3, 0.4) is 0 Å². The van der Waals surface area contributed by atoms with E-state index in [0.717, 1.165) is 5.56 Å². The van der Waals surface area contributed by atoms with E-state index < -0.39 is 12.0 Å². The van der Waals surface area contributed by atoms with E-state index in [-0.39, 0.29) is 24.6 Å². The van der Waals surface area contributed by atoms with Gasteiger partial charge in [0.1, 0.15) is 11.5 Å². The Bertz CT molecular complexity index is 1500. The molecule has 1 fully saturated rings. The number of carbonyl (C=O) groups is 3. The molecule has 0 spiro atoms. The highest BCUT2D eigenvalue weighted by Crippen LogP contribution is 2.34. The zero-order chi connectivity index (χ0) is 30.5. The van der Waals surface area contributed by atoms with Crippen LogP contribution in [0.15, 0.2) is 90.1 Å².